The third kappa shape index (κ3) is 11.2. The Morgan fingerprint density at radius 3 is 1.29 bits per heavy atom. The highest BCUT2D eigenvalue weighted by Crippen LogP contribution is 2.55. The Balaban J connectivity index is 0.742. The summed E-state index contributed by atoms with van der Waals surface area (Å²) in [6, 6.07) is 141. The van der Waals surface area contributed by atoms with Crippen molar-refractivity contribution in [1.29, 1.82) is 0 Å². The molecule has 0 N–H and O–H groups in total. The van der Waals surface area contributed by atoms with Gasteiger partial charge in [0.05, 0.1) is 39.1 Å². The van der Waals surface area contributed by atoms with Crippen LogP contribution in [0.3, 0.4) is 0 Å². The van der Waals surface area contributed by atoms with Crippen LogP contribution in [0.15, 0.2) is 394 Å². The van der Waals surface area contributed by atoms with Crippen LogP contribution in [0.2, 0.25) is 0 Å². The molecular formula is C106H74BN7O. The lowest BCUT2D eigenvalue weighted by Crippen LogP contribution is -2.64. The first-order valence-corrected chi connectivity index (χ1v) is 39.5. The maximum absolute atomic E-state index is 7.38. The molecule has 0 saturated carbocycles. The van der Waals surface area contributed by atoms with Gasteiger partial charge >= 0.3 is 0 Å². The van der Waals surface area contributed by atoms with Gasteiger partial charge in [-0.15, -0.1) is 0 Å². The van der Waals surface area contributed by atoms with Crippen LogP contribution >= 0.6 is 0 Å². The molecule has 3 aliphatic heterocycles. The van der Waals surface area contributed by atoms with Gasteiger partial charge in [-0.3, -0.25) is 13.7 Å². The normalized spacial score (nSPS) is 12.6. The fourth-order valence-corrected chi connectivity index (χ4v) is 18.2. The molecule has 0 atom stereocenters. The van der Waals surface area contributed by atoms with Crippen LogP contribution in [-0.2, 0) is 5.41 Å². The number of hydrogen-bond donors (Lipinski definition) is 0. The number of hydrogen-bond acceptors (Lipinski definition) is 5. The lowest BCUT2D eigenvalue weighted by molar-refractivity contribution is -0.571. The molecule has 0 bridgehead atoms. The Labute approximate surface area is 668 Å². The second kappa shape index (κ2) is 27.0. The quantitative estimate of drug-likeness (QED) is 0.0617. The Morgan fingerprint density at radius 2 is 0.765 bits per heavy atom. The van der Waals surface area contributed by atoms with Crippen LogP contribution in [0.5, 0.6) is 11.5 Å². The van der Waals surface area contributed by atoms with Gasteiger partial charge in [0, 0.05) is 68.5 Å². The molecule has 0 aliphatic carbocycles. The van der Waals surface area contributed by atoms with Gasteiger partial charge in [0.2, 0.25) is 0 Å². The molecule has 115 heavy (non-hydrogen) atoms. The SMILES string of the molecule is CC(C)(C)c1ccnc(-n2c3cc(Oc4cccc(-n5[c-][n+](-c6c(-c7cc(-c8ccccc8)cc(-c8ccccc8)c7)cccc6-c6cc(-c7ccccc7)cc(-c7ccccc7)c6)c6ccccc65)c4)ccc3c3c4c5c(cc32)N(c2ccccc2)c2cccc3c2B5c2c(cccc2N4c2ccccc2)N3c2ccccc2)c1. The maximum Gasteiger partial charge on any atom is 0.269 e. The smallest absolute Gasteiger partial charge is 0.269 e. The predicted octanol–water partition coefficient (Wildman–Crippen LogP) is 25.2. The van der Waals surface area contributed by atoms with E-state index < -0.39 is 0 Å². The number of ether oxygens (including phenoxy) is 1. The van der Waals surface area contributed by atoms with Gasteiger partial charge in [-0.05, 0) is 240 Å². The topological polar surface area (TPSA) is 45.6 Å². The zero-order chi connectivity index (χ0) is 76.4. The zero-order valence-corrected chi connectivity index (χ0v) is 63.6. The fourth-order valence-electron chi connectivity index (χ4n) is 18.2. The molecule has 3 aliphatic rings. The van der Waals surface area contributed by atoms with E-state index in [1.807, 2.05) is 6.20 Å². The van der Waals surface area contributed by atoms with E-state index in [9.17, 15) is 0 Å². The third-order valence-electron chi connectivity index (χ3n) is 23.4. The van der Waals surface area contributed by atoms with Crippen molar-refractivity contribution in [2.75, 3.05) is 14.7 Å². The first-order valence-electron chi connectivity index (χ1n) is 39.5. The highest BCUT2D eigenvalue weighted by atomic mass is 16.5. The highest BCUT2D eigenvalue weighted by Gasteiger charge is 2.50. The summed E-state index contributed by atoms with van der Waals surface area (Å²) in [5.74, 6) is 2.17. The monoisotopic (exact) mass is 1470 g/mol. The molecule has 9 heteroatoms. The van der Waals surface area contributed by atoms with E-state index in [0.717, 1.165) is 157 Å². The molecule has 0 fully saturated rings. The Hall–Kier alpha value is -14.8. The van der Waals surface area contributed by atoms with Gasteiger partial charge in [-0.1, -0.05) is 257 Å². The predicted molar refractivity (Wildman–Crippen MR) is 476 cm³/mol. The second-order valence-electron chi connectivity index (χ2n) is 31.2. The molecule has 0 radical (unpaired) electrons. The molecule has 0 unspecified atom stereocenters. The van der Waals surface area contributed by atoms with Gasteiger partial charge in [-0.2, -0.15) is 0 Å². The molecule has 542 valence electrons. The van der Waals surface area contributed by atoms with E-state index in [4.69, 9.17) is 9.72 Å². The van der Waals surface area contributed by atoms with Gasteiger partial charge in [0.15, 0.2) is 0 Å². The van der Waals surface area contributed by atoms with Crippen LogP contribution < -0.4 is 40.4 Å². The van der Waals surface area contributed by atoms with Crippen LogP contribution in [0, 0.1) is 6.33 Å². The van der Waals surface area contributed by atoms with Gasteiger partial charge in [0.1, 0.15) is 17.3 Å². The molecule has 16 aromatic carbocycles. The standard InChI is InChI=1S/C106H74BN7O/c1-106(2,3)80-57-58-108-99(65-80)114-96-67-86(55-56-89(96)100-97(114)68-98-103-105(100)113(83-43-23-10-24-44-83)95-54-30-52-93-102(95)107(103)101-92(111(93)81-39-19-8-20-40-81)51-29-53-94(101)112(98)82-41-21-9-22-42-82)115-85-46-27-45-84(66-85)109-69-110(91-50-26-25-49-90(91)109)104-87(78-61-74(70-31-11-4-12-32-70)59-75(62-78)71-33-13-5-14-34-71)47-28-48-88(104)79-63-76(72-35-15-6-16-36-72)60-77(64-79)73-37-17-7-18-38-73/h4-68H,1-3H3. The number of pyridine rings is 1. The van der Waals surface area contributed by atoms with E-state index in [0.29, 0.717) is 11.5 Å². The zero-order valence-electron chi connectivity index (χ0n) is 63.6. The Morgan fingerprint density at radius 1 is 0.330 bits per heavy atom. The Bertz CT molecular complexity index is 6760. The minimum absolute atomic E-state index is 0.126. The van der Waals surface area contributed by atoms with E-state index >= 15 is 0 Å². The molecule has 0 amide bonds. The van der Waals surface area contributed by atoms with Crippen molar-refractivity contribution in [2.24, 2.45) is 0 Å². The van der Waals surface area contributed by atoms with Crippen LogP contribution in [0.25, 0.3) is 117 Å². The highest BCUT2D eigenvalue weighted by molar-refractivity contribution is 7.03. The number of imidazole rings is 1. The van der Waals surface area contributed by atoms with E-state index in [1.165, 1.54) is 33.3 Å². The van der Waals surface area contributed by atoms with Crippen molar-refractivity contribution in [3.63, 3.8) is 0 Å². The average Bonchev–Trinajstić information content (AvgIpc) is 1.06. The van der Waals surface area contributed by atoms with Crippen molar-refractivity contribution in [2.45, 2.75) is 26.2 Å². The minimum atomic E-state index is -0.178. The maximum atomic E-state index is 7.38. The van der Waals surface area contributed by atoms with Crippen molar-refractivity contribution in [3.05, 3.63) is 406 Å². The van der Waals surface area contributed by atoms with Crippen LogP contribution in [0.1, 0.15) is 26.3 Å². The van der Waals surface area contributed by atoms with Crippen molar-refractivity contribution >= 4 is 107 Å². The second-order valence-corrected chi connectivity index (χ2v) is 31.2. The van der Waals surface area contributed by atoms with E-state index in [1.54, 1.807) is 0 Å². The number of rotatable bonds is 14. The number of benzene rings is 16. The summed E-state index contributed by atoms with van der Waals surface area (Å²) in [4.78, 5) is 12.9. The lowest BCUT2D eigenvalue weighted by Gasteiger charge is -2.49. The number of nitrogens with zero attached hydrogens (tertiary/aromatic N) is 7. The third-order valence-corrected chi connectivity index (χ3v) is 23.4. The first-order chi connectivity index (χ1) is 56.7. The average molecular weight is 1470 g/mol. The summed E-state index contributed by atoms with van der Waals surface area (Å²) in [5, 5.41) is 2.20. The van der Waals surface area contributed by atoms with Gasteiger partial charge in [-0.25, -0.2) is 4.98 Å². The summed E-state index contributed by atoms with van der Waals surface area (Å²) >= 11 is 0. The van der Waals surface area contributed by atoms with Crippen molar-refractivity contribution in [3.8, 4) is 95.5 Å². The molecule has 0 spiro atoms. The summed E-state index contributed by atoms with van der Waals surface area (Å²) < 4.78 is 14.3. The molecule has 6 heterocycles. The first kappa shape index (κ1) is 67.1. The number of para-hydroxylation sites is 6. The molecule has 22 rings (SSSR count). The van der Waals surface area contributed by atoms with Crippen LogP contribution in [0.4, 0.5) is 51.2 Å². The molecule has 0 saturated heterocycles. The largest absolute Gasteiger partial charge is 0.458 e. The summed E-state index contributed by atoms with van der Waals surface area (Å²) in [6.07, 6.45) is 6.03. The van der Waals surface area contributed by atoms with Crippen LogP contribution in [-0.4, -0.2) is 20.8 Å². The fraction of sp³-hybridized carbons (Fsp3) is 0.0377. The van der Waals surface area contributed by atoms with Crippen molar-refractivity contribution in [1.82, 2.24) is 14.1 Å². The van der Waals surface area contributed by atoms with E-state index in [-0.39, 0.29) is 12.1 Å². The molecule has 3 aromatic heterocycles. The van der Waals surface area contributed by atoms with Crippen molar-refractivity contribution < 1.29 is 9.30 Å². The summed E-state index contributed by atoms with van der Waals surface area (Å²) in [5.41, 5.74) is 34.1. The number of aromatic nitrogens is 4. The summed E-state index contributed by atoms with van der Waals surface area (Å²) in [7, 11) is 0. The number of fused-ring (bicyclic) bond motifs is 5. The van der Waals surface area contributed by atoms with Gasteiger partial charge < -0.3 is 19.4 Å². The summed E-state index contributed by atoms with van der Waals surface area (Å²) in [6.45, 7) is 6.71. The minimum Gasteiger partial charge on any atom is -0.458 e. The molecule has 8 nitrogen and oxygen atoms in total. The van der Waals surface area contributed by atoms with Gasteiger partial charge in [0.25, 0.3) is 13.0 Å². The van der Waals surface area contributed by atoms with E-state index in [2.05, 4.69) is 444 Å². The lowest BCUT2D eigenvalue weighted by atomic mass is 9.31. The number of anilines is 9. The molecule has 19 aromatic rings. The molecular weight excluding hydrogens is 1400 g/mol. The Kier molecular flexibility index (Phi) is 15.8.